The molecule has 0 unspecified atom stereocenters. The number of rotatable bonds is 4. The highest BCUT2D eigenvalue weighted by Gasteiger charge is 2.22. The summed E-state index contributed by atoms with van der Waals surface area (Å²) in [6.45, 7) is 8.34. The van der Waals surface area contributed by atoms with Crippen LogP contribution in [-0.2, 0) is 23.0 Å². The van der Waals surface area contributed by atoms with Gasteiger partial charge in [-0.1, -0.05) is 6.92 Å². The Bertz CT molecular complexity index is 967. The van der Waals surface area contributed by atoms with Gasteiger partial charge in [-0.05, 0) is 43.7 Å². The molecule has 3 N–H and O–H groups in total. The number of benzene rings is 1. The highest BCUT2D eigenvalue weighted by Crippen LogP contribution is 2.29. The van der Waals surface area contributed by atoms with E-state index in [4.69, 9.17) is 5.14 Å². The van der Waals surface area contributed by atoms with Gasteiger partial charge in [0.25, 0.3) is 5.91 Å². The fourth-order valence-corrected chi connectivity index (χ4v) is 4.92. The van der Waals surface area contributed by atoms with E-state index in [1.54, 1.807) is 19.9 Å². The summed E-state index contributed by atoms with van der Waals surface area (Å²) in [5, 5.41) is 8.59. The number of hydrogen-bond donors (Lipinski definition) is 2. The summed E-state index contributed by atoms with van der Waals surface area (Å²) < 4.78 is 23.5. The third-order valence-electron chi connectivity index (χ3n) is 4.67. The van der Waals surface area contributed by atoms with Crippen LogP contribution in [0.3, 0.4) is 0 Å². The average Bonchev–Trinajstić information content (AvgIpc) is 2.97. The van der Waals surface area contributed by atoms with Gasteiger partial charge in [0.2, 0.25) is 10.0 Å². The van der Waals surface area contributed by atoms with E-state index < -0.39 is 15.9 Å². The lowest BCUT2D eigenvalue weighted by Crippen LogP contribution is -2.29. The predicted octanol–water partition coefficient (Wildman–Crippen LogP) is 2.04. The number of primary sulfonamides is 1. The first-order chi connectivity index (χ1) is 12.2. The Balaban J connectivity index is 1.86. The number of aryl methyl sites for hydroxylation is 1. The van der Waals surface area contributed by atoms with E-state index in [9.17, 15) is 13.2 Å². The number of amides is 1. The molecule has 9 heteroatoms. The summed E-state index contributed by atoms with van der Waals surface area (Å²) in [5.74, 6) is -0.392. The molecule has 1 aliphatic rings. The van der Waals surface area contributed by atoms with Crippen LogP contribution in [0.2, 0.25) is 0 Å². The van der Waals surface area contributed by atoms with Gasteiger partial charge in [-0.3, -0.25) is 15.0 Å². The number of nitrogens with two attached hydrogens (primary N) is 1. The molecule has 2 heterocycles. The topological polar surface area (TPSA) is 105 Å². The molecule has 26 heavy (non-hydrogen) atoms. The quantitative estimate of drug-likeness (QED) is 0.825. The van der Waals surface area contributed by atoms with Gasteiger partial charge in [-0.25, -0.2) is 18.5 Å². The van der Waals surface area contributed by atoms with Crippen LogP contribution in [0.4, 0.5) is 5.13 Å². The number of aromatic nitrogens is 1. The largest absolute Gasteiger partial charge is 0.298 e. The number of carbonyl (C=O) groups is 1. The lowest BCUT2D eigenvalue weighted by Gasteiger charge is -2.23. The molecule has 0 saturated carbocycles. The van der Waals surface area contributed by atoms with Gasteiger partial charge in [0.05, 0.1) is 10.6 Å². The van der Waals surface area contributed by atoms with E-state index in [-0.39, 0.29) is 10.5 Å². The maximum atomic E-state index is 12.6. The molecule has 1 amide bonds. The zero-order valence-electron chi connectivity index (χ0n) is 15.0. The number of anilines is 1. The highest BCUT2D eigenvalue weighted by molar-refractivity contribution is 7.89. The predicted molar refractivity (Wildman–Crippen MR) is 102 cm³/mol. The Morgan fingerprint density at radius 2 is 2.12 bits per heavy atom. The molecule has 2 aromatic rings. The van der Waals surface area contributed by atoms with E-state index in [2.05, 4.69) is 22.1 Å². The smallest absolute Gasteiger partial charge is 0.257 e. The molecular weight excluding hydrogens is 372 g/mol. The normalized spacial score (nSPS) is 14.9. The summed E-state index contributed by atoms with van der Waals surface area (Å²) in [5.41, 5.74) is 2.52. The van der Waals surface area contributed by atoms with Crippen LogP contribution < -0.4 is 10.5 Å². The molecule has 0 bridgehead atoms. The summed E-state index contributed by atoms with van der Waals surface area (Å²) in [4.78, 5) is 20.6. The maximum absolute atomic E-state index is 12.6. The highest BCUT2D eigenvalue weighted by atomic mass is 32.2. The van der Waals surface area contributed by atoms with Crippen molar-refractivity contribution in [2.75, 3.05) is 18.4 Å². The zero-order valence-corrected chi connectivity index (χ0v) is 16.6. The number of nitrogens with zero attached hydrogens (tertiary/aromatic N) is 2. The van der Waals surface area contributed by atoms with Crippen molar-refractivity contribution in [2.24, 2.45) is 5.14 Å². The molecule has 0 radical (unpaired) electrons. The first-order valence-corrected chi connectivity index (χ1v) is 10.7. The first kappa shape index (κ1) is 19.0. The summed E-state index contributed by atoms with van der Waals surface area (Å²) in [6.07, 6.45) is 0.870. The molecule has 0 atom stereocenters. The van der Waals surface area contributed by atoms with Crippen molar-refractivity contribution >= 4 is 32.4 Å². The van der Waals surface area contributed by atoms with E-state index in [0.29, 0.717) is 16.3 Å². The molecule has 0 spiro atoms. The monoisotopic (exact) mass is 394 g/mol. The van der Waals surface area contributed by atoms with Crippen molar-refractivity contribution in [3.05, 3.63) is 39.4 Å². The lowest BCUT2D eigenvalue weighted by molar-refractivity contribution is 0.102. The van der Waals surface area contributed by atoms with Gasteiger partial charge in [0.1, 0.15) is 0 Å². The van der Waals surface area contributed by atoms with Gasteiger partial charge < -0.3 is 0 Å². The Morgan fingerprint density at radius 1 is 1.38 bits per heavy atom. The summed E-state index contributed by atoms with van der Waals surface area (Å²) in [6, 6.07) is 2.98. The van der Waals surface area contributed by atoms with Crippen molar-refractivity contribution in [2.45, 2.75) is 38.6 Å². The third-order valence-corrected chi connectivity index (χ3v) is 6.70. The Hall–Kier alpha value is -1.81. The SMILES string of the molecule is CCN1CCc2nc(NC(=O)c3cc(C)c(C)c(S(N)(=O)=O)c3)sc2C1. The van der Waals surface area contributed by atoms with Crippen molar-refractivity contribution in [1.29, 1.82) is 0 Å². The molecule has 140 valence electrons. The fourth-order valence-electron chi connectivity index (χ4n) is 2.99. The molecule has 3 rings (SSSR count). The van der Waals surface area contributed by atoms with Gasteiger partial charge in [-0.15, -0.1) is 11.3 Å². The molecule has 0 saturated heterocycles. The molecule has 0 aliphatic carbocycles. The average molecular weight is 395 g/mol. The number of nitrogens with one attached hydrogen (secondary N) is 1. The minimum Gasteiger partial charge on any atom is -0.298 e. The standard InChI is InChI=1S/C17H22N4O3S2/c1-4-21-6-5-13-14(9-21)25-17(19-13)20-16(22)12-7-10(2)11(3)15(8-12)26(18,23)24/h7-8H,4-6,9H2,1-3H3,(H2,18,23,24)(H,19,20,22). The Labute approximate surface area is 157 Å². The third kappa shape index (κ3) is 3.80. The molecule has 0 fully saturated rings. The number of sulfonamides is 1. The van der Waals surface area contributed by atoms with E-state index >= 15 is 0 Å². The number of likely N-dealkylation sites (N-methyl/N-ethyl adjacent to an activating group) is 1. The van der Waals surface area contributed by atoms with Gasteiger partial charge in [-0.2, -0.15) is 0 Å². The van der Waals surface area contributed by atoms with Crippen LogP contribution in [0.15, 0.2) is 17.0 Å². The summed E-state index contributed by atoms with van der Waals surface area (Å²) >= 11 is 1.47. The lowest BCUT2D eigenvalue weighted by atomic mass is 10.1. The second kappa shape index (κ2) is 7.07. The fraction of sp³-hybridized carbons (Fsp3) is 0.412. The second-order valence-electron chi connectivity index (χ2n) is 6.42. The van der Waals surface area contributed by atoms with Gasteiger partial charge in [0.15, 0.2) is 5.13 Å². The van der Waals surface area contributed by atoms with Crippen LogP contribution in [-0.4, -0.2) is 37.3 Å². The molecule has 1 aromatic carbocycles. The van der Waals surface area contributed by atoms with Crippen LogP contribution in [0, 0.1) is 13.8 Å². The van der Waals surface area contributed by atoms with E-state index in [1.165, 1.54) is 22.3 Å². The molecule has 1 aromatic heterocycles. The first-order valence-electron chi connectivity index (χ1n) is 8.35. The minimum atomic E-state index is -3.89. The molecule has 7 nitrogen and oxygen atoms in total. The van der Waals surface area contributed by atoms with Crippen molar-refractivity contribution in [1.82, 2.24) is 9.88 Å². The molecular formula is C17H22N4O3S2. The van der Waals surface area contributed by atoms with Crippen molar-refractivity contribution < 1.29 is 13.2 Å². The van der Waals surface area contributed by atoms with E-state index in [1.807, 2.05) is 0 Å². The Morgan fingerprint density at radius 3 is 2.77 bits per heavy atom. The van der Waals surface area contributed by atoms with Gasteiger partial charge in [0, 0.05) is 30.0 Å². The van der Waals surface area contributed by atoms with Crippen LogP contribution in [0.25, 0.3) is 0 Å². The number of hydrogen-bond acceptors (Lipinski definition) is 6. The molecule has 1 aliphatic heterocycles. The summed E-state index contributed by atoms with van der Waals surface area (Å²) in [7, 11) is -3.89. The number of thiazole rings is 1. The number of fused-ring (bicyclic) bond motifs is 1. The number of carbonyl (C=O) groups excluding carboxylic acids is 1. The van der Waals surface area contributed by atoms with Crippen LogP contribution in [0.1, 0.15) is 39.0 Å². The van der Waals surface area contributed by atoms with Crippen LogP contribution in [0.5, 0.6) is 0 Å². The van der Waals surface area contributed by atoms with E-state index in [0.717, 1.165) is 31.7 Å². The van der Waals surface area contributed by atoms with Crippen molar-refractivity contribution in [3.63, 3.8) is 0 Å². The zero-order chi connectivity index (χ0) is 19.1. The van der Waals surface area contributed by atoms with Crippen LogP contribution >= 0.6 is 11.3 Å². The second-order valence-corrected chi connectivity index (χ2v) is 9.04. The van der Waals surface area contributed by atoms with Gasteiger partial charge >= 0.3 is 0 Å². The Kier molecular flexibility index (Phi) is 5.16. The minimum absolute atomic E-state index is 0.0281. The van der Waals surface area contributed by atoms with Crippen molar-refractivity contribution in [3.8, 4) is 0 Å². The maximum Gasteiger partial charge on any atom is 0.257 e.